The third kappa shape index (κ3) is 1.82. The Labute approximate surface area is 166 Å². The van der Waals surface area contributed by atoms with Crippen LogP contribution in [0.25, 0.3) is 33.7 Å². The molecule has 0 saturated heterocycles. The molecule has 2 aliphatic heterocycles. The minimum Gasteiger partial charge on any atom is -0.286 e. The van der Waals surface area contributed by atoms with Gasteiger partial charge >= 0.3 is 0 Å². The lowest BCUT2D eigenvalue weighted by Crippen LogP contribution is -2.28. The first-order valence-corrected chi connectivity index (χ1v) is 10.4. The molecule has 28 heavy (non-hydrogen) atoms. The van der Waals surface area contributed by atoms with Crippen molar-refractivity contribution in [1.82, 2.24) is 0 Å². The quantitative estimate of drug-likeness (QED) is 0.229. The van der Waals surface area contributed by atoms with Crippen LogP contribution in [-0.2, 0) is 4.79 Å². The van der Waals surface area contributed by atoms with Crippen LogP contribution >= 0.6 is 11.8 Å². The third-order valence-electron chi connectivity index (χ3n) is 6.33. The number of fused-ring (bicyclic) bond motifs is 4. The maximum atomic E-state index is 13.0. The SMILES string of the molecule is O=C1SC2c3cc4c(cc3C1c1cc3cc5ccccc5cc3cc12)C=C=C4. The lowest BCUT2D eigenvalue weighted by atomic mass is 9.75. The zero-order valence-corrected chi connectivity index (χ0v) is 15.7. The third-order valence-corrected chi connectivity index (χ3v) is 7.54. The predicted octanol–water partition coefficient (Wildman–Crippen LogP) is 6.44. The molecule has 0 spiro atoms. The van der Waals surface area contributed by atoms with Crippen molar-refractivity contribution in [1.29, 1.82) is 0 Å². The number of rotatable bonds is 0. The highest BCUT2D eigenvalue weighted by Crippen LogP contribution is 2.57. The van der Waals surface area contributed by atoms with Crippen LogP contribution in [0.3, 0.4) is 0 Å². The summed E-state index contributed by atoms with van der Waals surface area (Å²) in [7, 11) is 0. The first-order chi connectivity index (χ1) is 13.8. The second-order valence-corrected chi connectivity index (χ2v) is 8.95. The van der Waals surface area contributed by atoms with Gasteiger partial charge in [-0.2, -0.15) is 0 Å². The summed E-state index contributed by atoms with van der Waals surface area (Å²) in [6.07, 6.45) is 4.06. The number of thioether (sulfide) groups is 1. The van der Waals surface area contributed by atoms with Gasteiger partial charge in [0.05, 0.1) is 11.2 Å². The minimum atomic E-state index is -0.157. The summed E-state index contributed by atoms with van der Waals surface area (Å²) in [4.78, 5) is 13.0. The highest BCUT2D eigenvalue weighted by molar-refractivity contribution is 8.14. The smallest absolute Gasteiger partial charge is 0.201 e. The molecule has 4 aliphatic rings. The van der Waals surface area contributed by atoms with Crippen LogP contribution in [0.2, 0.25) is 0 Å². The molecule has 2 bridgehead atoms. The summed E-state index contributed by atoms with van der Waals surface area (Å²) in [5, 5.41) is 5.34. The van der Waals surface area contributed by atoms with E-state index in [9.17, 15) is 4.79 Å². The van der Waals surface area contributed by atoms with Crippen molar-refractivity contribution < 1.29 is 4.79 Å². The number of hydrogen-bond acceptors (Lipinski definition) is 2. The number of carbonyl (C=O) groups is 1. The van der Waals surface area contributed by atoms with Gasteiger partial charge in [0.1, 0.15) is 0 Å². The molecule has 2 aliphatic carbocycles. The molecule has 2 heteroatoms. The Hall–Kier alpha value is -3.06. The van der Waals surface area contributed by atoms with Crippen molar-refractivity contribution in [2.75, 3.05) is 0 Å². The zero-order valence-electron chi connectivity index (χ0n) is 14.9. The molecular weight excluding hydrogens is 360 g/mol. The van der Waals surface area contributed by atoms with E-state index >= 15 is 0 Å². The molecular formula is C26H14OS. The normalized spacial score (nSPS) is 20.6. The molecule has 4 aromatic carbocycles. The van der Waals surface area contributed by atoms with Crippen LogP contribution in [0, 0.1) is 0 Å². The van der Waals surface area contributed by atoms with Gasteiger partial charge in [0.25, 0.3) is 0 Å². The van der Waals surface area contributed by atoms with E-state index < -0.39 is 0 Å². The molecule has 4 aromatic rings. The topological polar surface area (TPSA) is 17.1 Å². The monoisotopic (exact) mass is 374 g/mol. The largest absolute Gasteiger partial charge is 0.286 e. The van der Waals surface area contributed by atoms with E-state index in [4.69, 9.17) is 0 Å². The van der Waals surface area contributed by atoms with E-state index in [1.807, 2.05) is 12.2 Å². The van der Waals surface area contributed by atoms with Crippen LogP contribution in [0.4, 0.5) is 0 Å². The first-order valence-electron chi connectivity index (χ1n) is 9.53. The van der Waals surface area contributed by atoms with E-state index in [0.717, 1.165) is 0 Å². The summed E-state index contributed by atoms with van der Waals surface area (Å²) in [5.74, 6) is -0.157. The second kappa shape index (κ2) is 5.05. The van der Waals surface area contributed by atoms with Crippen LogP contribution in [0.1, 0.15) is 44.5 Å². The number of benzene rings is 4. The summed E-state index contributed by atoms with van der Waals surface area (Å²) in [6.45, 7) is 0. The van der Waals surface area contributed by atoms with E-state index in [-0.39, 0.29) is 16.3 Å². The van der Waals surface area contributed by atoms with Gasteiger partial charge in [0, 0.05) is 0 Å². The Bertz CT molecular complexity index is 1450. The lowest BCUT2D eigenvalue weighted by molar-refractivity contribution is -0.111. The maximum Gasteiger partial charge on any atom is 0.201 e. The maximum absolute atomic E-state index is 13.0. The summed E-state index contributed by atoms with van der Waals surface area (Å²) >= 11 is 1.50. The molecule has 0 radical (unpaired) electrons. The Kier molecular flexibility index (Phi) is 2.69. The van der Waals surface area contributed by atoms with Crippen molar-refractivity contribution >= 4 is 50.6 Å². The van der Waals surface area contributed by atoms with Gasteiger partial charge < -0.3 is 0 Å². The molecule has 0 N–H and O–H groups in total. The number of hydrogen-bond donors (Lipinski definition) is 0. The predicted molar refractivity (Wildman–Crippen MR) is 117 cm³/mol. The van der Waals surface area contributed by atoms with Gasteiger partial charge in [-0.05, 0) is 103 Å². The molecule has 2 atom stereocenters. The molecule has 2 heterocycles. The molecule has 0 amide bonds. The fourth-order valence-electron chi connectivity index (χ4n) is 5.02. The number of carbonyl (C=O) groups excluding carboxylic acids is 1. The fraction of sp³-hybridized carbons (Fsp3) is 0.0769. The van der Waals surface area contributed by atoms with Crippen molar-refractivity contribution in [3.8, 4) is 0 Å². The van der Waals surface area contributed by atoms with Crippen molar-refractivity contribution in [2.24, 2.45) is 0 Å². The van der Waals surface area contributed by atoms with Crippen LogP contribution < -0.4 is 0 Å². The average molecular weight is 374 g/mol. The molecule has 0 fully saturated rings. The summed E-state index contributed by atoms with van der Waals surface area (Å²) in [5.41, 5.74) is 10.6. The van der Waals surface area contributed by atoms with Crippen molar-refractivity contribution in [3.05, 3.63) is 99.8 Å². The fourth-order valence-corrected chi connectivity index (χ4v) is 6.31. The van der Waals surface area contributed by atoms with Gasteiger partial charge in [0.2, 0.25) is 5.12 Å². The Morgan fingerprint density at radius 1 is 0.679 bits per heavy atom. The van der Waals surface area contributed by atoms with Crippen molar-refractivity contribution in [3.63, 3.8) is 0 Å². The van der Waals surface area contributed by atoms with Crippen LogP contribution in [0.15, 0.2) is 66.4 Å². The minimum absolute atomic E-state index is 0.0951. The molecule has 8 rings (SSSR count). The van der Waals surface area contributed by atoms with Gasteiger partial charge in [-0.25, -0.2) is 0 Å². The Balaban J connectivity index is 1.53. The molecule has 1 nitrogen and oxygen atoms in total. The highest BCUT2D eigenvalue weighted by atomic mass is 32.2. The van der Waals surface area contributed by atoms with Crippen LogP contribution in [-0.4, -0.2) is 5.12 Å². The van der Waals surface area contributed by atoms with Gasteiger partial charge in [0.15, 0.2) is 0 Å². The van der Waals surface area contributed by atoms with E-state index in [1.54, 1.807) is 0 Å². The van der Waals surface area contributed by atoms with E-state index in [0.29, 0.717) is 0 Å². The lowest BCUT2D eigenvalue weighted by Gasteiger charge is -2.39. The highest BCUT2D eigenvalue weighted by Gasteiger charge is 2.44. The van der Waals surface area contributed by atoms with Gasteiger partial charge in [-0.1, -0.05) is 36.0 Å². The Morgan fingerprint density at radius 2 is 1.25 bits per heavy atom. The zero-order chi connectivity index (χ0) is 18.4. The average Bonchev–Trinajstić information content (AvgIpc) is 3.17. The summed E-state index contributed by atoms with van der Waals surface area (Å²) < 4.78 is 0. The molecule has 2 unspecified atom stereocenters. The second-order valence-electron chi connectivity index (χ2n) is 7.84. The van der Waals surface area contributed by atoms with E-state index in [2.05, 4.69) is 66.4 Å². The van der Waals surface area contributed by atoms with Gasteiger partial charge in [-0.15, -0.1) is 5.73 Å². The summed E-state index contributed by atoms with van der Waals surface area (Å²) in [6, 6.07) is 22.1. The molecule has 0 aromatic heterocycles. The van der Waals surface area contributed by atoms with Crippen molar-refractivity contribution in [2.45, 2.75) is 11.2 Å². The Morgan fingerprint density at radius 3 is 1.96 bits per heavy atom. The molecule has 130 valence electrons. The van der Waals surface area contributed by atoms with Crippen LogP contribution in [0.5, 0.6) is 0 Å². The first kappa shape index (κ1) is 14.9. The van der Waals surface area contributed by atoms with E-state index in [1.165, 1.54) is 66.7 Å². The standard InChI is InChI=1S/C26H14OS/c27-26-24-20-10-16-6-3-7-17(16)11-22(20)25(28-26)23-13-19-9-15-5-2-1-4-14(15)8-18(19)12-21(23)24/h1-2,4-13,24-25H. The van der Waals surface area contributed by atoms with Gasteiger partial charge in [-0.3, -0.25) is 4.79 Å². The molecule has 0 saturated carbocycles.